The summed E-state index contributed by atoms with van der Waals surface area (Å²) in [5.41, 5.74) is 0.726. The maximum Gasteiger partial charge on any atom is 0.320 e. The Hall–Kier alpha value is -1.11. The van der Waals surface area contributed by atoms with Crippen molar-refractivity contribution in [3.63, 3.8) is 0 Å². The van der Waals surface area contributed by atoms with Gasteiger partial charge in [0.2, 0.25) is 0 Å². The van der Waals surface area contributed by atoms with E-state index in [-0.39, 0.29) is 18.3 Å². The van der Waals surface area contributed by atoms with E-state index in [9.17, 15) is 9.59 Å². The van der Waals surface area contributed by atoms with Gasteiger partial charge >= 0.3 is 5.97 Å². The van der Waals surface area contributed by atoms with Crippen LogP contribution in [0.3, 0.4) is 0 Å². The molecule has 0 aliphatic carbocycles. The monoisotopic (exact) mass is 318 g/mol. The van der Waals surface area contributed by atoms with Crippen LogP contribution in [0, 0.1) is 0 Å². The molecular weight excluding hydrogens is 300 g/mol. The van der Waals surface area contributed by atoms with Gasteiger partial charge in [0.1, 0.15) is 6.04 Å². The molecule has 2 heterocycles. The molecule has 1 aromatic heterocycles. The Kier molecular flexibility index (Phi) is 6.45. The van der Waals surface area contributed by atoms with Crippen LogP contribution in [0.1, 0.15) is 23.7 Å². The van der Waals surface area contributed by atoms with Gasteiger partial charge in [-0.15, -0.1) is 12.4 Å². The molecule has 1 atom stereocenters. The number of carbonyl (C=O) groups is 2. The summed E-state index contributed by atoms with van der Waals surface area (Å²) in [5, 5.41) is 12.9. The predicted molar refractivity (Wildman–Crippen MR) is 80.8 cm³/mol. The van der Waals surface area contributed by atoms with E-state index >= 15 is 0 Å². The van der Waals surface area contributed by atoms with Crippen molar-refractivity contribution in [2.75, 3.05) is 26.2 Å². The molecule has 0 aromatic carbocycles. The van der Waals surface area contributed by atoms with Crippen LogP contribution < -0.4 is 0 Å². The third-order valence-corrected chi connectivity index (χ3v) is 4.17. The van der Waals surface area contributed by atoms with Crippen LogP contribution in [-0.2, 0) is 4.79 Å². The van der Waals surface area contributed by atoms with Gasteiger partial charge in [-0.25, -0.2) is 0 Å². The number of nitrogens with zero attached hydrogens (tertiary/aromatic N) is 2. The normalized spacial score (nSPS) is 17.4. The van der Waals surface area contributed by atoms with E-state index in [1.54, 1.807) is 4.90 Å². The largest absolute Gasteiger partial charge is 0.480 e. The lowest BCUT2D eigenvalue weighted by molar-refractivity contribution is -0.144. The van der Waals surface area contributed by atoms with Crippen molar-refractivity contribution in [3.05, 3.63) is 22.4 Å². The first kappa shape index (κ1) is 16.9. The van der Waals surface area contributed by atoms with E-state index in [0.29, 0.717) is 32.6 Å². The first-order valence-corrected chi connectivity index (χ1v) is 7.36. The second kappa shape index (κ2) is 7.61. The number of carbonyl (C=O) groups excluding carboxylic acids is 1. The topological polar surface area (TPSA) is 60.9 Å². The fourth-order valence-corrected chi connectivity index (χ4v) is 3.02. The molecule has 5 nitrogen and oxygen atoms in total. The SMILES string of the molecule is CCC(C(=O)O)N1CCN(C(=O)c2ccsc2)CC1.Cl. The van der Waals surface area contributed by atoms with Crippen LogP contribution in [0.2, 0.25) is 0 Å². The molecule has 1 amide bonds. The van der Waals surface area contributed by atoms with E-state index in [1.807, 2.05) is 28.7 Å². The standard InChI is InChI=1S/C13H18N2O3S.ClH/c1-2-11(13(17)18)14-4-6-15(7-5-14)12(16)10-3-8-19-9-10;/h3,8-9,11H,2,4-7H2,1H3,(H,17,18);1H. The third-order valence-electron chi connectivity index (χ3n) is 3.48. The number of carboxylic acids is 1. The highest BCUT2D eigenvalue weighted by atomic mass is 35.5. The van der Waals surface area contributed by atoms with Crippen molar-refractivity contribution in [2.24, 2.45) is 0 Å². The summed E-state index contributed by atoms with van der Waals surface area (Å²) in [7, 11) is 0. The van der Waals surface area contributed by atoms with Crippen LogP contribution in [0.5, 0.6) is 0 Å². The van der Waals surface area contributed by atoms with Gasteiger partial charge in [0.25, 0.3) is 5.91 Å². The second-order valence-electron chi connectivity index (χ2n) is 4.60. The van der Waals surface area contributed by atoms with Crippen molar-refractivity contribution in [1.29, 1.82) is 0 Å². The Morgan fingerprint density at radius 2 is 2.00 bits per heavy atom. The van der Waals surface area contributed by atoms with Crippen LogP contribution in [0.25, 0.3) is 0 Å². The smallest absolute Gasteiger partial charge is 0.320 e. The number of halogens is 1. The zero-order chi connectivity index (χ0) is 13.8. The Labute approximate surface area is 128 Å². The molecule has 1 N–H and O–H groups in total. The van der Waals surface area contributed by atoms with E-state index in [2.05, 4.69) is 0 Å². The van der Waals surface area contributed by atoms with E-state index in [1.165, 1.54) is 11.3 Å². The molecule has 0 saturated carbocycles. The number of hydrogen-bond donors (Lipinski definition) is 1. The fourth-order valence-electron chi connectivity index (χ4n) is 2.39. The number of amides is 1. The van der Waals surface area contributed by atoms with Gasteiger partial charge < -0.3 is 10.0 Å². The molecule has 7 heteroatoms. The van der Waals surface area contributed by atoms with Gasteiger partial charge in [-0.05, 0) is 17.9 Å². The molecule has 1 aliphatic rings. The van der Waals surface area contributed by atoms with E-state index in [4.69, 9.17) is 5.11 Å². The maximum absolute atomic E-state index is 12.1. The molecule has 2 rings (SSSR count). The highest BCUT2D eigenvalue weighted by Gasteiger charge is 2.29. The Morgan fingerprint density at radius 1 is 1.35 bits per heavy atom. The summed E-state index contributed by atoms with van der Waals surface area (Å²) in [6.45, 7) is 4.32. The van der Waals surface area contributed by atoms with Crippen molar-refractivity contribution in [1.82, 2.24) is 9.80 Å². The van der Waals surface area contributed by atoms with Crippen molar-refractivity contribution in [2.45, 2.75) is 19.4 Å². The minimum Gasteiger partial charge on any atom is -0.480 e. The molecule has 1 fully saturated rings. The summed E-state index contributed by atoms with van der Waals surface area (Å²) in [5.74, 6) is -0.732. The summed E-state index contributed by atoms with van der Waals surface area (Å²) in [6.07, 6.45) is 0.591. The van der Waals surface area contributed by atoms with Crippen molar-refractivity contribution in [3.8, 4) is 0 Å². The second-order valence-corrected chi connectivity index (χ2v) is 5.38. The average Bonchev–Trinajstić information content (AvgIpc) is 2.93. The Balaban J connectivity index is 0.00000200. The number of hydrogen-bond acceptors (Lipinski definition) is 4. The third kappa shape index (κ3) is 3.71. The zero-order valence-electron chi connectivity index (χ0n) is 11.3. The van der Waals surface area contributed by atoms with Gasteiger partial charge in [0, 0.05) is 31.6 Å². The van der Waals surface area contributed by atoms with Gasteiger partial charge in [0.15, 0.2) is 0 Å². The van der Waals surface area contributed by atoms with Crippen LogP contribution in [0.4, 0.5) is 0 Å². The van der Waals surface area contributed by atoms with Gasteiger partial charge in [-0.1, -0.05) is 6.92 Å². The quantitative estimate of drug-likeness (QED) is 0.919. The zero-order valence-corrected chi connectivity index (χ0v) is 13.0. The molecule has 20 heavy (non-hydrogen) atoms. The number of thiophene rings is 1. The van der Waals surface area contributed by atoms with Crippen LogP contribution >= 0.6 is 23.7 Å². The van der Waals surface area contributed by atoms with Gasteiger partial charge in [0.05, 0.1) is 5.56 Å². The maximum atomic E-state index is 12.1. The van der Waals surface area contributed by atoms with Crippen molar-refractivity contribution >= 4 is 35.6 Å². The lowest BCUT2D eigenvalue weighted by atomic mass is 10.1. The molecular formula is C13H19ClN2O3S. The highest BCUT2D eigenvalue weighted by Crippen LogP contribution is 2.14. The highest BCUT2D eigenvalue weighted by molar-refractivity contribution is 7.08. The lowest BCUT2D eigenvalue weighted by Gasteiger charge is -2.37. The number of carboxylic acid groups (broad SMARTS) is 1. The Morgan fingerprint density at radius 3 is 2.45 bits per heavy atom. The number of piperazine rings is 1. The molecule has 0 radical (unpaired) electrons. The lowest BCUT2D eigenvalue weighted by Crippen LogP contribution is -2.53. The number of rotatable bonds is 4. The first-order chi connectivity index (χ1) is 9.13. The van der Waals surface area contributed by atoms with Crippen molar-refractivity contribution < 1.29 is 14.7 Å². The summed E-state index contributed by atoms with van der Waals surface area (Å²) in [4.78, 5) is 27.0. The minimum atomic E-state index is -0.778. The molecule has 112 valence electrons. The Bertz CT molecular complexity index is 444. The summed E-state index contributed by atoms with van der Waals surface area (Å²) < 4.78 is 0. The number of aliphatic carboxylic acids is 1. The van der Waals surface area contributed by atoms with Gasteiger partial charge in [-0.3, -0.25) is 14.5 Å². The summed E-state index contributed by atoms with van der Waals surface area (Å²) in [6, 6.07) is 1.39. The van der Waals surface area contributed by atoms with Crippen LogP contribution in [-0.4, -0.2) is 59.0 Å². The molecule has 1 aromatic rings. The fraction of sp³-hybridized carbons (Fsp3) is 0.538. The first-order valence-electron chi connectivity index (χ1n) is 6.41. The average molecular weight is 319 g/mol. The minimum absolute atomic E-state index is 0. The molecule has 1 saturated heterocycles. The molecule has 0 spiro atoms. The molecule has 0 bridgehead atoms. The van der Waals surface area contributed by atoms with Crippen LogP contribution in [0.15, 0.2) is 16.8 Å². The summed E-state index contributed by atoms with van der Waals surface area (Å²) >= 11 is 1.51. The van der Waals surface area contributed by atoms with E-state index < -0.39 is 12.0 Å². The molecule has 1 aliphatic heterocycles. The van der Waals surface area contributed by atoms with Gasteiger partial charge in [-0.2, -0.15) is 11.3 Å². The predicted octanol–water partition coefficient (Wildman–Crippen LogP) is 1.79. The molecule has 1 unspecified atom stereocenters. The van der Waals surface area contributed by atoms with E-state index in [0.717, 1.165) is 5.56 Å².